The van der Waals surface area contributed by atoms with Crippen LogP contribution in [0.3, 0.4) is 0 Å². The Morgan fingerprint density at radius 2 is 1.79 bits per heavy atom. The summed E-state index contributed by atoms with van der Waals surface area (Å²) in [6, 6.07) is 0. The lowest BCUT2D eigenvalue weighted by molar-refractivity contribution is 0.397. The molecule has 6 heteroatoms. The monoisotopic (exact) mass is 291 g/mol. The molecule has 1 atom stereocenters. The van der Waals surface area contributed by atoms with Gasteiger partial charge < -0.3 is 5.73 Å². The van der Waals surface area contributed by atoms with Crippen molar-refractivity contribution >= 4 is 10.2 Å². The smallest absolute Gasteiger partial charge is 0.279 e. The lowest BCUT2D eigenvalue weighted by atomic mass is 10.0. The molecule has 0 radical (unpaired) electrons. The Hall–Kier alpha value is -0.170. The fraction of sp³-hybridized carbons (Fsp3) is 1.00. The van der Waals surface area contributed by atoms with Gasteiger partial charge in [0.05, 0.1) is 0 Å². The molecule has 1 rings (SSSR count). The molecule has 0 saturated carbocycles. The molecule has 0 aliphatic carbocycles. The van der Waals surface area contributed by atoms with Crippen molar-refractivity contribution in [2.45, 2.75) is 51.9 Å². The zero-order valence-electron chi connectivity index (χ0n) is 12.1. The number of rotatable bonds is 8. The predicted molar refractivity (Wildman–Crippen MR) is 79.0 cm³/mol. The van der Waals surface area contributed by atoms with Crippen LogP contribution < -0.4 is 10.5 Å². The number of hydrogen-bond donors (Lipinski definition) is 2. The van der Waals surface area contributed by atoms with E-state index in [1.54, 1.807) is 4.31 Å². The van der Waals surface area contributed by atoms with E-state index in [1.807, 2.05) is 0 Å². The first-order valence-corrected chi connectivity index (χ1v) is 8.99. The average Bonchev–Trinajstić information content (AvgIpc) is 2.66. The molecule has 0 spiro atoms. The van der Waals surface area contributed by atoms with Gasteiger partial charge in [-0.15, -0.1) is 0 Å². The van der Waals surface area contributed by atoms with Gasteiger partial charge in [-0.1, -0.05) is 26.2 Å². The van der Waals surface area contributed by atoms with Crippen molar-refractivity contribution < 1.29 is 8.42 Å². The lowest BCUT2D eigenvalue weighted by Crippen LogP contribution is -2.43. The van der Waals surface area contributed by atoms with E-state index in [2.05, 4.69) is 11.6 Å². The summed E-state index contributed by atoms with van der Waals surface area (Å²) in [5.41, 5.74) is 5.57. The maximum absolute atomic E-state index is 12.2. The van der Waals surface area contributed by atoms with Gasteiger partial charge in [-0.25, -0.2) is 4.72 Å². The molecule has 0 aromatic carbocycles. The van der Waals surface area contributed by atoms with Crippen LogP contribution >= 0.6 is 0 Å². The van der Waals surface area contributed by atoms with Gasteiger partial charge in [0.2, 0.25) is 0 Å². The Bertz CT molecular complexity index is 319. The number of nitrogens with zero attached hydrogens (tertiary/aromatic N) is 1. The second-order valence-electron chi connectivity index (χ2n) is 5.40. The Morgan fingerprint density at radius 3 is 2.32 bits per heavy atom. The third kappa shape index (κ3) is 6.21. The van der Waals surface area contributed by atoms with Crippen molar-refractivity contribution in [1.82, 2.24) is 9.03 Å². The molecule has 19 heavy (non-hydrogen) atoms. The predicted octanol–water partition coefficient (Wildman–Crippen LogP) is 1.46. The minimum atomic E-state index is -3.30. The van der Waals surface area contributed by atoms with Gasteiger partial charge in [0.25, 0.3) is 10.2 Å². The number of nitrogens with one attached hydrogen (secondary N) is 1. The minimum absolute atomic E-state index is 0.358. The van der Waals surface area contributed by atoms with Crippen molar-refractivity contribution in [1.29, 1.82) is 0 Å². The Kier molecular flexibility index (Phi) is 7.90. The summed E-state index contributed by atoms with van der Waals surface area (Å²) in [6.07, 6.45) is 7.20. The Morgan fingerprint density at radius 1 is 1.16 bits per heavy atom. The summed E-state index contributed by atoms with van der Waals surface area (Å²) in [4.78, 5) is 0. The highest BCUT2D eigenvalue weighted by atomic mass is 32.2. The van der Waals surface area contributed by atoms with Gasteiger partial charge in [-0.2, -0.15) is 12.7 Å². The van der Waals surface area contributed by atoms with E-state index in [0.29, 0.717) is 32.1 Å². The second kappa shape index (κ2) is 8.89. The first kappa shape index (κ1) is 16.9. The van der Waals surface area contributed by atoms with E-state index in [0.717, 1.165) is 44.9 Å². The van der Waals surface area contributed by atoms with Crippen molar-refractivity contribution in [3.8, 4) is 0 Å². The van der Waals surface area contributed by atoms with Crippen LogP contribution in [-0.4, -0.2) is 38.9 Å². The molecule has 1 saturated heterocycles. The quantitative estimate of drug-likeness (QED) is 0.711. The average molecular weight is 291 g/mol. The maximum Gasteiger partial charge on any atom is 0.279 e. The van der Waals surface area contributed by atoms with Gasteiger partial charge in [0, 0.05) is 19.6 Å². The highest BCUT2D eigenvalue weighted by molar-refractivity contribution is 7.87. The molecule has 1 fully saturated rings. The molecule has 1 aliphatic rings. The van der Waals surface area contributed by atoms with Crippen LogP contribution in [0.2, 0.25) is 0 Å². The third-order valence-corrected chi connectivity index (χ3v) is 5.31. The zero-order valence-corrected chi connectivity index (χ0v) is 12.9. The summed E-state index contributed by atoms with van der Waals surface area (Å²) >= 11 is 0. The normalized spacial score (nSPS) is 20.1. The lowest BCUT2D eigenvalue weighted by Gasteiger charge is -2.22. The van der Waals surface area contributed by atoms with Crippen molar-refractivity contribution in [2.24, 2.45) is 11.7 Å². The second-order valence-corrected chi connectivity index (χ2v) is 7.15. The first-order valence-electron chi connectivity index (χ1n) is 7.55. The number of hydrogen-bond acceptors (Lipinski definition) is 3. The zero-order chi connectivity index (χ0) is 14.1. The fourth-order valence-electron chi connectivity index (χ4n) is 2.59. The summed E-state index contributed by atoms with van der Waals surface area (Å²) in [5, 5.41) is 0. The van der Waals surface area contributed by atoms with Gasteiger partial charge in [0.15, 0.2) is 0 Å². The fourth-order valence-corrected chi connectivity index (χ4v) is 3.96. The Labute approximate surface area is 118 Å². The SMILES string of the molecule is CCCC(CCN)CNS(=O)(=O)N1CCCCCC1. The van der Waals surface area contributed by atoms with E-state index in [1.165, 1.54) is 0 Å². The van der Waals surface area contributed by atoms with E-state index in [9.17, 15) is 8.42 Å². The highest BCUT2D eigenvalue weighted by Crippen LogP contribution is 2.14. The van der Waals surface area contributed by atoms with Gasteiger partial charge in [0.1, 0.15) is 0 Å². The van der Waals surface area contributed by atoms with E-state index < -0.39 is 10.2 Å². The molecule has 3 N–H and O–H groups in total. The maximum atomic E-state index is 12.2. The molecule has 0 amide bonds. The summed E-state index contributed by atoms with van der Waals surface area (Å²) in [5.74, 6) is 0.358. The van der Waals surface area contributed by atoms with Crippen LogP contribution in [0.4, 0.5) is 0 Å². The van der Waals surface area contributed by atoms with Crippen molar-refractivity contribution in [3.63, 3.8) is 0 Å². The first-order chi connectivity index (χ1) is 9.10. The van der Waals surface area contributed by atoms with Gasteiger partial charge in [-0.05, 0) is 38.1 Å². The topological polar surface area (TPSA) is 75.4 Å². The van der Waals surface area contributed by atoms with Crippen LogP contribution in [0.1, 0.15) is 51.9 Å². The van der Waals surface area contributed by atoms with Gasteiger partial charge >= 0.3 is 0 Å². The van der Waals surface area contributed by atoms with Crippen LogP contribution in [0.25, 0.3) is 0 Å². The summed E-state index contributed by atoms with van der Waals surface area (Å²) in [7, 11) is -3.30. The molecule has 0 bridgehead atoms. The largest absolute Gasteiger partial charge is 0.330 e. The molecule has 114 valence electrons. The Balaban J connectivity index is 2.47. The minimum Gasteiger partial charge on any atom is -0.330 e. The van der Waals surface area contributed by atoms with Gasteiger partial charge in [-0.3, -0.25) is 0 Å². The van der Waals surface area contributed by atoms with Crippen LogP contribution in [0.5, 0.6) is 0 Å². The standard InChI is InChI=1S/C13H29N3O2S/c1-2-7-13(8-9-14)12-15-19(17,18)16-10-5-3-4-6-11-16/h13,15H,2-12,14H2,1H3. The molecule has 0 aromatic heterocycles. The number of nitrogens with two attached hydrogens (primary N) is 1. The molecular formula is C13H29N3O2S. The molecule has 0 aromatic rings. The summed E-state index contributed by atoms with van der Waals surface area (Å²) < 4.78 is 28.8. The van der Waals surface area contributed by atoms with Crippen LogP contribution in [0, 0.1) is 5.92 Å². The molecule has 1 heterocycles. The van der Waals surface area contributed by atoms with Crippen LogP contribution in [0.15, 0.2) is 0 Å². The third-order valence-electron chi connectivity index (χ3n) is 3.73. The van der Waals surface area contributed by atoms with Crippen molar-refractivity contribution in [3.05, 3.63) is 0 Å². The van der Waals surface area contributed by atoms with Crippen LogP contribution in [-0.2, 0) is 10.2 Å². The van der Waals surface area contributed by atoms with E-state index in [-0.39, 0.29) is 0 Å². The van der Waals surface area contributed by atoms with E-state index >= 15 is 0 Å². The molecule has 5 nitrogen and oxygen atoms in total. The highest BCUT2D eigenvalue weighted by Gasteiger charge is 2.23. The molecule has 1 unspecified atom stereocenters. The van der Waals surface area contributed by atoms with Crippen molar-refractivity contribution in [2.75, 3.05) is 26.2 Å². The molecular weight excluding hydrogens is 262 g/mol. The van der Waals surface area contributed by atoms with E-state index in [4.69, 9.17) is 5.73 Å². The molecule has 1 aliphatic heterocycles. The summed E-state index contributed by atoms with van der Waals surface area (Å²) in [6.45, 7) is 4.57.